The summed E-state index contributed by atoms with van der Waals surface area (Å²) >= 11 is 0. The lowest BCUT2D eigenvalue weighted by Crippen LogP contribution is -2.57. The topological polar surface area (TPSA) is 144 Å². The maximum absolute atomic E-state index is 14.2. The van der Waals surface area contributed by atoms with Gasteiger partial charge < -0.3 is 19.7 Å². The molecule has 0 bridgehead atoms. The van der Waals surface area contributed by atoms with Crippen LogP contribution < -0.4 is 19.5 Å². The van der Waals surface area contributed by atoms with E-state index in [-0.39, 0.29) is 50.5 Å². The van der Waals surface area contributed by atoms with Gasteiger partial charge in [0.05, 0.1) is 13.7 Å². The van der Waals surface area contributed by atoms with Gasteiger partial charge in [-0.25, -0.2) is 12.8 Å². The molecule has 260 valence electrons. The molecule has 0 radical (unpaired) electrons. The van der Waals surface area contributed by atoms with E-state index in [9.17, 15) is 27.2 Å². The second kappa shape index (κ2) is 13.3. The highest BCUT2D eigenvalue weighted by Crippen LogP contribution is 2.48. The third-order valence-corrected chi connectivity index (χ3v) is 12.8. The Bertz CT molecular complexity index is 1710. The van der Waals surface area contributed by atoms with Crippen LogP contribution in [0.3, 0.4) is 0 Å². The van der Waals surface area contributed by atoms with Gasteiger partial charge in [0.2, 0.25) is 33.6 Å². The first-order valence-corrected chi connectivity index (χ1v) is 18.4. The summed E-state index contributed by atoms with van der Waals surface area (Å²) in [7, 11) is -2.79. The van der Waals surface area contributed by atoms with E-state index in [1.54, 1.807) is 6.07 Å². The van der Waals surface area contributed by atoms with Crippen molar-refractivity contribution in [3.05, 3.63) is 42.5 Å². The van der Waals surface area contributed by atoms with E-state index >= 15 is 0 Å². The van der Waals surface area contributed by atoms with Crippen molar-refractivity contribution in [3.8, 4) is 11.8 Å². The van der Waals surface area contributed by atoms with Crippen molar-refractivity contribution in [2.45, 2.75) is 94.1 Å². The monoisotopic (exact) mass is 684 g/mol. The van der Waals surface area contributed by atoms with Gasteiger partial charge >= 0.3 is 0 Å². The van der Waals surface area contributed by atoms with Crippen LogP contribution in [0.1, 0.15) is 71.6 Å². The molecule has 2 aliphatic carbocycles. The van der Waals surface area contributed by atoms with E-state index in [0.29, 0.717) is 17.7 Å². The SMILES string of the molecule is CC[C@H]1CC(=O)N2C[C@H](Oc3nc(OC)cc4ccccc34)C[C@H]2C(=O)N[C@]2(C(=O)NS(=O)(=O)C3(CF)CC3)C[C@H]2/C=C\CC[C@@H](C)C1. The Hall–Kier alpha value is -3.74. The Morgan fingerprint density at radius 1 is 1.21 bits per heavy atom. The summed E-state index contributed by atoms with van der Waals surface area (Å²) in [4.78, 5) is 47.9. The number of carbonyl (C=O) groups excluding carboxylic acids is 3. The highest BCUT2D eigenvalue weighted by atomic mass is 32.2. The number of hydrogen-bond donors (Lipinski definition) is 2. The van der Waals surface area contributed by atoms with E-state index in [1.807, 2.05) is 36.4 Å². The lowest BCUT2D eigenvalue weighted by Gasteiger charge is -2.28. The van der Waals surface area contributed by atoms with Crippen molar-refractivity contribution in [1.82, 2.24) is 19.9 Å². The number of amides is 3. The predicted molar refractivity (Wildman–Crippen MR) is 177 cm³/mol. The van der Waals surface area contributed by atoms with Crippen LogP contribution in [-0.2, 0) is 24.4 Å². The molecule has 2 N–H and O–H groups in total. The Kier molecular flexibility index (Phi) is 9.45. The van der Waals surface area contributed by atoms with Gasteiger partial charge in [-0.05, 0) is 61.8 Å². The Morgan fingerprint density at radius 3 is 2.69 bits per heavy atom. The zero-order chi connectivity index (χ0) is 34.3. The number of halogens is 1. The Labute approximate surface area is 281 Å². The van der Waals surface area contributed by atoms with Crippen LogP contribution in [0.25, 0.3) is 10.8 Å². The van der Waals surface area contributed by atoms with E-state index in [2.05, 4.69) is 28.9 Å². The van der Waals surface area contributed by atoms with Crippen LogP contribution in [0.4, 0.5) is 4.39 Å². The molecule has 1 aromatic heterocycles. The molecule has 2 aliphatic heterocycles. The number of methoxy groups -OCH3 is 1. The molecule has 0 spiro atoms. The quantitative estimate of drug-likeness (QED) is 0.394. The smallest absolute Gasteiger partial charge is 0.259 e. The van der Waals surface area contributed by atoms with Crippen molar-refractivity contribution in [2.24, 2.45) is 17.8 Å². The summed E-state index contributed by atoms with van der Waals surface area (Å²) in [5, 5.41) is 4.48. The number of fused-ring (bicyclic) bond motifs is 3. The van der Waals surface area contributed by atoms with Gasteiger partial charge in [0.25, 0.3) is 5.91 Å². The number of allylic oxidation sites excluding steroid dienone is 1. The third kappa shape index (κ3) is 6.62. The summed E-state index contributed by atoms with van der Waals surface area (Å²) in [6, 6.07) is 8.39. The van der Waals surface area contributed by atoms with Crippen molar-refractivity contribution >= 4 is 38.5 Å². The Morgan fingerprint density at radius 2 is 1.98 bits per heavy atom. The van der Waals surface area contributed by atoms with Crippen LogP contribution in [0, 0.1) is 17.8 Å². The van der Waals surface area contributed by atoms with Crippen LogP contribution >= 0.6 is 0 Å². The second-order valence-electron chi connectivity index (χ2n) is 14.1. The first-order valence-electron chi connectivity index (χ1n) is 17.0. The number of rotatable bonds is 8. The molecule has 6 rings (SSSR count). The summed E-state index contributed by atoms with van der Waals surface area (Å²) in [6.45, 7) is 3.27. The minimum Gasteiger partial charge on any atom is -0.481 e. The molecular weight excluding hydrogens is 639 g/mol. The van der Waals surface area contributed by atoms with Crippen LogP contribution in [-0.4, -0.2) is 78.8 Å². The van der Waals surface area contributed by atoms with Crippen molar-refractivity contribution < 1.29 is 36.7 Å². The highest BCUT2D eigenvalue weighted by Gasteiger charge is 2.64. The van der Waals surface area contributed by atoms with Gasteiger partial charge in [-0.1, -0.05) is 50.6 Å². The number of sulfonamides is 1. The van der Waals surface area contributed by atoms with Gasteiger partial charge in [0.1, 0.15) is 29.1 Å². The van der Waals surface area contributed by atoms with Crippen molar-refractivity contribution in [2.75, 3.05) is 20.3 Å². The summed E-state index contributed by atoms with van der Waals surface area (Å²) in [6.07, 6.45) is 7.41. The molecule has 3 fully saturated rings. The minimum absolute atomic E-state index is 0.129. The summed E-state index contributed by atoms with van der Waals surface area (Å²) in [5.41, 5.74) is -1.54. The van der Waals surface area contributed by atoms with E-state index in [0.717, 1.165) is 36.5 Å². The van der Waals surface area contributed by atoms with Gasteiger partial charge in [-0.2, -0.15) is 4.98 Å². The van der Waals surface area contributed by atoms with Crippen LogP contribution in [0.15, 0.2) is 42.5 Å². The number of nitrogens with zero attached hydrogens (tertiary/aromatic N) is 2. The van der Waals surface area contributed by atoms with Crippen LogP contribution in [0.2, 0.25) is 0 Å². The maximum atomic E-state index is 14.2. The number of nitrogens with one attached hydrogen (secondary N) is 2. The minimum atomic E-state index is -4.30. The number of pyridine rings is 1. The van der Waals surface area contributed by atoms with E-state index in [4.69, 9.17) is 9.47 Å². The average Bonchev–Trinajstić information content (AvgIpc) is 3.97. The molecule has 2 saturated carbocycles. The molecule has 3 heterocycles. The largest absolute Gasteiger partial charge is 0.481 e. The number of alkyl halides is 1. The van der Waals surface area contributed by atoms with Crippen molar-refractivity contribution in [3.63, 3.8) is 0 Å². The normalized spacial score (nSPS) is 31.0. The van der Waals surface area contributed by atoms with E-state index < -0.39 is 56.9 Å². The van der Waals surface area contributed by atoms with Crippen LogP contribution in [0.5, 0.6) is 11.8 Å². The number of aromatic nitrogens is 1. The number of carbonyl (C=O) groups is 3. The zero-order valence-corrected chi connectivity index (χ0v) is 28.6. The molecular formula is C35H45FN4O7S. The number of hydrogen-bond acceptors (Lipinski definition) is 8. The fourth-order valence-corrected chi connectivity index (χ4v) is 8.63. The maximum Gasteiger partial charge on any atom is 0.259 e. The standard InChI is InChI=1S/C35H45FN4O7S/c1-4-23-15-22(2)9-5-7-11-25-19-35(25,33(43)39-48(44,45)34(21-36)13-14-34)38-31(42)28-18-26(20-40(28)30(41)16-23)47-32-27-12-8-6-10-24(27)17-29(37-32)46-3/h6-8,10-12,17,22-23,25-26,28H,4-5,9,13-16,18-21H2,1-3H3,(H,38,42)(H,39,43)/b11-7-/t22-,23-,25-,26-,28+,35-/m1/s1. The van der Waals surface area contributed by atoms with Crippen molar-refractivity contribution in [1.29, 1.82) is 0 Å². The highest BCUT2D eigenvalue weighted by molar-refractivity contribution is 7.91. The average molecular weight is 685 g/mol. The molecule has 2 aromatic rings. The summed E-state index contributed by atoms with van der Waals surface area (Å²) < 4.78 is 52.1. The van der Waals surface area contributed by atoms with Gasteiger partial charge in [0, 0.05) is 30.2 Å². The fourth-order valence-electron chi connectivity index (χ4n) is 7.21. The first-order chi connectivity index (χ1) is 22.9. The van der Waals surface area contributed by atoms with Gasteiger partial charge in [-0.15, -0.1) is 0 Å². The lowest BCUT2D eigenvalue weighted by atomic mass is 9.88. The second-order valence-corrected chi connectivity index (χ2v) is 16.2. The molecule has 4 aliphatic rings. The molecule has 13 heteroatoms. The molecule has 48 heavy (non-hydrogen) atoms. The van der Waals surface area contributed by atoms with E-state index in [1.165, 1.54) is 12.0 Å². The van der Waals surface area contributed by atoms with Gasteiger partial charge in [-0.3, -0.25) is 19.1 Å². The molecule has 0 unspecified atom stereocenters. The third-order valence-electron chi connectivity index (χ3n) is 10.6. The zero-order valence-electron chi connectivity index (χ0n) is 27.7. The first kappa shape index (κ1) is 34.1. The number of ether oxygens (including phenoxy) is 2. The number of benzene rings is 1. The fraction of sp³-hybridized carbons (Fsp3) is 0.600. The van der Waals surface area contributed by atoms with Gasteiger partial charge in [0.15, 0.2) is 0 Å². The predicted octanol–water partition coefficient (Wildman–Crippen LogP) is 4.21. The molecule has 1 saturated heterocycles. The summed E-state index contributed by atoms with van der Waals surface area (Å²) in [5.74, 6) is -0.912. The molecule has 3 amide bonds. The molecule has 11 nitrogen and oxygen atoms in total. The Balaban J connectivity index is 1.30. The molecule has 1 aromatic carbocycles. The lowest BCUT2D eigenvalue weighted by molar-refractivity contribution is -0.140. The molecule has 6 atom stereocenters.